The smallest absolute Gasteiger partial charge is 0.0218 e. The molecule has 0 bridgehead atoms. The Morgan fingerprint density at radius 2 is 1.59 bits per heavy atom. The molecule has 2 aromatic carbocycles. The van der Waals surface area contributed by atoms with Crippen molar-refractivity contribution < 1.29 is 0 Å². The van der Waals surface area contributed by atoms with Crippen LogP contribution in [-0.4, -0.2) is 5.54 Å². The van der Waals surface area contributed by atoms with Crippen LogP contribution in [0.5, 0.6) is 0 Å². The molecule has 0 aliphatic carbocycles. The molecule has 0 fully saturated rings. The van der Waals surface area contributed by atoms with Crippen LogP contribution in [0.4, 0.5) is 0 Å². The van der Waals surface area contributed by atoms with Gasteiger partial charge in [-0.05, 0) is 35.6 Å². The molecule has 1 nitrogen and oxygen atoms in total. The Bertz CT molecular complexity index is 569. The maximum atomic E-state index is 6.80. The summed E-state index contributed by atoms with van der Waals surface area (Å²) in [4.78, 5) is 0. The van der Waals surface area contributed by atoms with Crippen molar-refractivity contribution in [1.82, 2.24) is 0 Å². The fourth-order valence-corrected chi connectivity index (χ4v) is 3.46. The SMILES string of the molecule is CCCCC(c1cccc2ccccc12)C(N)(CC)CC.Cl. The predicted octanol–water partition coefficient (Wildman–Crippen LogP) is 6.05. The first-order valence-electron chi connectivity index (χ1n) is 8.42. The van der Waals surface area contributed by atoms with Gasteiger partial charge in [0.2, 0.25) is 0 Å². The lowest BCUT2D eigenvalue weighted by Crippen LogP contribution is -2.44. The molecule has 0 aliphatic heterocycles. The molecule has 2 N–H and O–H groups in total. The van der Waals surface area contributed by atoms with Crippen LogP contribution in [0.2, 0.25) is 0 Å². The van der Waals surface area contributed by atoms with Crippen molar-refractivity contribution in [1.29, 1.82) is 0 Å². The number of halogens is 1. The van der Waals surface area contributed by atoms with Crippen LogP contribution in [-0.2, 0) is 0 Å². The molecular weight excluding hydrogens is 290 g/mol. The van der Waals surface area contributed by atoms with Crippen molar-refractivity contribution in [2.24, 2.45) is 5.73 Å². The van der Waals surface area contributed by atoms with E-state index in [1.807, 2.05) is 0 Å². The van der Waals surface area contributed by atoms with Gasteiger partial charge in [0.05, 0.1) is 0 Å². The van der Waals surface area contributed by atoms with E-state index in [-0.39, 0.29) is 17.9 Å². The van der Waals surface area contributed by atoms with Crippen LogP contribution in [0.25, 0.3) is 10.8 Å². The normalized spacial score (nSPS) is 12.9. The van der Waals surface area contributed by atoms with Gasteiger partial charge in [0.25, 0.3) is 0 Å². The summed E-state index contributed by atoms with van der Waals surface area (Å²) in [6.45, 7) is 6.72. The fourth-order valence-electron chi connectivity index (χ4n) is 3.46. The Kier molecular flexibility index (Phi) is 7.38. The third-order valence-electron chi connectivity index (χ3n) is 5.06. The van der Waals surface area contributed by atoms with Gasteiger partial charge in [0.1, 0.15) is 0 Å². The quantitative estimate of drug-likeness (QED) is 0.660. The first-order valence-corrected chi connectivity index (χ1v) is 8.42. The van der Waals surface area contributed by atoms with E-state index in [1.165, 1.54) is 35.6 Å². The monoisotopic (exact) mass is 319 g/mol. The summed E-state index contributed by atoms with van der Waals surface area (Å²) in [5, 5.41) is 2.70. The fraction of sp³-hybridized carbons (Fsp3) is 0.500. The van der Waals surface area contributed by atoms with Gasteiger partial charge in [-0.2, -0.15) is 0 Å². The van der Waals surface area contributed by atoms with Gasteiger partial charge in [-0.15, -0.1) is 12.4 Å². The number of hydrogen-bond acceptors (Lipinski definition) is 1. The van der Waals surface area contributed by atoms with Gasteiger partial charge in [-0.25, -0.2) is 0 Å². The molecule has 0 saturated heterocycles. The van der Waals surface area contributed by atoms with Crippen LogP contribution in [0, 0.1) is 0 Å². The summed E-state index contributed by atoms with van der Waals surface area (Å²) < 4.78 is 0. The number of rotatable bonds is 7. The number of hydrogen-bond donors (Lipinski definition) is 1. The zero-order valence-electron chi connectivity index (χ0n) is 14.1. The van der Waals surface area contributed by atoms with Crippen molar-refractivity contribution in [3.63, 3.8) is 0 Å². The topological polar surface area (TPSA) is 26.0 Å². The van der Waals surface area contributed by atoms with E-state index in [0.717, 1.165) is 12.8 Å². The van der Waals surface area contributed by atoms with Crippen molar-refractivity contribution in [2.75, 3.05) is 0 Å². The Morgan fingerprint density at radius 1 is 0.955 bits per heavy atom. The first kappa shape index (κ1) is 19.0. The second-order valence-electron chi connectivity index (χ2n) is 6.20. The van der Waals surface area contributed by atoms with E-state index >= 15 is 0 Å². The summed E-state index contributed by atoms with van der Waals surface area (Å²) in [5.74, 6) is 0.443. The predicted molar refractivity (Wildman–Crippen MR) is 101 cm³/mol. The zero-order chi connectivity index (χ0) is 15.3. The number of fused-ring (bicyclic) bond motifs is 1. The zero-order valence-corrected chi connectivity index (χ0v) is 15.0. The van der Waals surface area contributed by atoms with E-state index in [2.05, 4.69) is 63.2 Å². The van der Waals surface area contributed by atoms with E-state index in [9.17, 15) is 0 Å². The minimum atomic E-state index is -0.0979. The highest BCUT2D eigenvalue weighted by Crippen LogP contribution is 2.39. The summed E-state index contributed by atoms with van der Waals surface area (Å²) in [6, 6.07) is 15.4. The van der Waals surface area contributed by atoms with Crippen LogP contribution in [0.3, 0.4) is 0 Å². The maximum Gasteiger partial charge on any atom is 0.0218 e. The van der Waals surface area contributed by atoms with Crippen molar-refractivity contribution in [2.45, 2.75) is 64.3 Å². The lowest BCUT2D eigenvalue weighted by molar-refractivity contribution is 0.303. The summed E-state index contributed by atoms with van der Waals surface area (Å²) in [7, 11) is 0. The average molecular weight is 320 g/mol. The molecule has 122 valence electrons. The Balaban J connectivity index is 0.00000242. The van der Waals surface area contributed by atoms with Gasteiger partial charge in [-0.1, -0.05) is 76.1 Å². The second kappa shape index (κ2) is 8.55. The van der Waals surface area contributed by atoms with Crippen LogP contribution >= 0.6 is 12.4 Å². The lowest BCUT2D eigenvalue weighted by Gasteiger charge is -2.37. The van der Waals surface area contributed by atoms with Crippen molar-refractivity contribution in [3.8, 4) is 0 Å². The molecule has 2 aromatic rings. The summed E-state index contributed by atoms with van der Waals surface area (Å²) in [5.41, 5.74) is 8.14. The molecule has 0 spiro atoms. The highest BCUT2D eigenvalue weighted by Gasteiger charge is 2.33. The molecule has 0 amide bonds. The summed E-state index contributed by atoms with van der Waals surface area (Å²) in [6.07, 6.45) is 5.71. The Hall–Kier alpha value is -1.05. The van der Waals surface area contributed by atoms with Gasteiger partial charge < -0.3 is 5.73 Å². The molecule has 0 aliphatic rings. The molecule has 2 rings (SSSR count). The van der Waals surface area contributed by atoms with E-state index < -0.39 is 0 Å². The van der Waals surface area contributed by atoms with Gasteiger partial charge in [-0.3, -0.25) is 0 Å². The van der Waals surface area contributed by atoms with Gasteiger partial charge in [0.15, 0.2) is 0 Å². The third-order valence-corrected chi connectivity index (χ3v) is 5.06. The molecule has 0 heterocycles. The van der Waals surface area contributed by atoms with Gasteiger partial charge in [0, 0.05) is 11.5 Å². The molecule has 0 saturated carbocycles. The third kappa shape index (κ3) is 3.83. The minimum absolute atomic E-state index is 0. The molecule has 1 unspecified atom stereocenters. The number of unbranched alkanes of at least 4 members (excludes halogenated alkanes) is 1. The minimum Gasteiger partial charge on any atom is -0.325 e. The van der Waals surface area contributed by atoms with Crippen LogP contribution < -0.4 is 5.73 Å². The van der Waals surface area contributed by atoms with E-state index in [0.29, 0.717) is 5.92 Å². The van der Waals surface area contributed by atoms with Crippen molar-refractivity contribution >= 4 is 23.2 Å². The first-order chi connectivity index (χ1) is 10.2. The summed E-state index contributed by atoms with van der Waals surface area (Å²) >= 11 is 0. The van der Waals surface area contributed by atoms with Crippen LogP contribution in [0.1, 0.15) is 64.4 Å². The molecular formula is C20H30ClN. The molecule has 0 radical (unpaired) electrons. The van der Waals surface area contributed by atoms with Crippen LogP contribution in [0.15, 0.2) is 42.5 Å². The Morgan fingerprint density at radius 3 is 2.23 bits per heavy atom. The molecule has 1 atom stereocenters. The number of nitrogens with two attached hydrogens (primary N) is 1. The van der Waals surface area contributed by atoms with E-state index in [1.54, 1.807) is 0 Å². The van der Waals surface area contributed by atoms with Crippen molar-refractivity contribution in [3.05, 3.63) is 48.0 Å². The highest BCUT2D eigenvalue weighted by molar-refractivity contribution is 5.86. The maximum absolute atomic E-state index is 6.80. The molecule has 2 heteroatoms. The van der Waals surface area contributed by atoms with E-state index in [4.69, 9.17) is 5.73 Å². The van der Waals surface area contributed by atoms with Gasteiger partial charge >= 0.3 is 0 Å². The highest BCUT2D eigenvalue weighted by atomic mass is 35.5. The largest absolute Gasteiger partial charge is 0.325 e. The average Bonchev–Trinajstić information content (AvgIpc) is 2.55. The standard InChI is InChI=1S/C20H29N.ClH/c1-4-7-15-19(20(21,5-2)6-3)18-14-10-12-16-11-8-9-13-17(16)18;/h8-14,19H,4-7,15,21H2,1-3H3;1H. The Labute approximate surface area is 141 Å². The second-order valence-corrected chi connectivity index (χ2v) is 6.20. The number of benzene rings is 2. The molecule has 0 aromatic heterocycles. The lowest BCUT2D eigenvalue weighted by atomic mass is 9.72. The molecule has 22 heavy (non-hydrogen) atoms.